The lowest BCUT2D eigenvalue weighted by molar-refractivity contribution is -0.387. The maximum Gasteiger partial charge on any atom is 0.389 e. The zero-order valence-electron chi connectivity index (χ0n) is 7.96. The molecule has 0 aliphatic rings. The molecule has 0 spiro atoms. The molecule has 0 radical (unpaired) electrons. The standard InChI is InChI=1S/C9H10N4O2/c10-5-4-7-2-1-3-8-9(13(14)15)11-6-12(7)8/h1-3,6H,4-5,10H2. The maximum atomic E-state index is 10.7. The molecule has 0 unspecified atom stereocenters. The van der Waals surface area contributed by atoms with E-state index in [1.165, 1.54) is 6.33 Å². The summed E-state index contributed by atoms with van der Waals surface area (Å²) in [4.78, 5) is 13.9. The molecule has 6 nitrogen and oxygen atoms in total. The van der Waals surface area contributed by atoms with Gasteiger partial charge in [-0.2, -0.15) is 0 Å². The Kier molecular flexibility index (Phi) is 2.34. The predicted molar refractivity (Wildman–Crippen MR) is 54.6 cm³/mol. The van der Waals surface area contributed by atoms with Crippen molar-refractivity contribution in [1.82, 2.24) is 9.38 Å². The topological polar surface area (TPSA) is 86.5 Å². The van der Waals surface area contributed by atoms with Crippen LogP contribution in [-0.2, 0) is 6.42 Å². The van der Waals surface area contributed by atoms with Gasteiger partial charge in [-0.05, 0) is 28.6 Å². The summed E-state index contributed by atoms with van der Waals surface area (Å²) >= 11 is 0. The lowest BCUT2D eigenvalue weighted by Gasteiger charge is -2.01. The molecule has 2 heterocycles. The van der Waals surface area contributed by atoms with Crippen molar-refractivity contribution in [3.63, 3.8) is 0 Å². The molecule has 0 aliphatic carbocycles. The van der Waals surface area contributed by atoms with Crippen LogP contribution in [0.25, 0.3) is 5.52 Å². The minimum Gasteiger partial charge on any atom is -0.358 e. The van der Waals surface area contributed by atoms with Crippen molar-refractivity contribution >= 4 is 11.3 Å². The van der Waals surface area contributed by atoms with E-state index in [4.69, 9.17) is 5.73 Å². The molecule has 2 rings (SSSR count). The molecule has 0 saturated heterocycles. The first-order valence-corrected chi connectivity index (χ1v) is 4.53. The van der Waals surface area contributed by atoms with Crippen LogP contribution in [-0.4, -0.2) is 20.9 Å². The van der Waals surface area contributed by atoms with E-state index in [1.54, 1.807) is 16.5 Å². The van der Waals surface area contributed by atoms with E-state index >= 15 is 0 Å². The van der Waals surface area contributed by atoms with Crippen LogP contribution in [0.3, 0.4) is 0 Å². The van der Waals surface area contributed by atoms with Gasteiger partial charge >= 0.3 is 5.82 Å². The van der Waals surface area contributed by atoms with Crippen LogP contribution in [0.1, 0.15) is 5.69 Å². The third kappa shape index (κ3) is 1.55. The van der Waals surface area contributed by atoms with Gasteiger partial charge < -0.3 is 15.8 Å². The van der Waals surface area contributed by atoms with Gasteiger partial charge in [0.25, 0.3) is 0 Å². The molecular formula is C9H10N4O2. The summed E-state index contributed by atoms with van der Waals surface area (Å²) in [6, 6.07) is 5.32. The zero-order chi connectivity index (χ0) is 10.8. The fourth-order valence-corrected chi connectivity index (χ4v) is 1.56. The predicted octanol–water partition coefficient (Wildman–Crippen LogP) is 0.744. The monoisotopic (exact) mass is 206 g/mol. The summed E-state index contributed by atoms with van der Waals surface area (Å²) < 4.78 is 1.70. The summed E-state index contributed by atoms with van der Waals surface area (Å²) in [7, 11) is 0. The van der Waals surface area contributed by atoms with Crippen LogP contribution >= 0.6 is 0 Å². The molecule has 2 N–H and O–H groups in total. The van der Waals surface area contributed by atoms with Crippen LogP contribution in [0.15, 0.2) is 24.5 Å². The second-order valence-electron chi connectivity index (χ2n) is 3.14. The summed E-state index contributed by atoms with van der Waals surface area (Å²) in [5.41, 5.74) is 6.88. The minimum absolute atomic E-state index is 0.117. The Morgan fingerprint density at radius 3 is 3.00 bits per heavy atom. The molecule has 78 valence electrons. The van der Waals surface area contributed by atoms with E-state index in [2.05, 4.69) is 4.98 Å². The largest absolute Gasteiger partial charge is 0.389 e. The first-order chi connectivity index (χ1) is 7.24. The SMILES string of the molecule is NCCc1cccc2c([N+](=O)[O-])ncn12. The van der Waals surface area contributed by atoms with Crippen molar-refractivity contribution in [2.24, 2.45) is 5.73 Å². The average molecular weight is 206 g/mol. The van der Waals surface area contributed by atoms with Crippen LogP contribution in [0.5, 0.6) is 0 Å². The average Bonchev–Trinajstić information content (AvgIpc) is 2.62. The molecule has 2 aromatic rings. The van der Waals surface area contributed by atoms with Crippen molar-refractivity contribution in [3.05, 3.63) is 40.3 Å². The quantitative estimate of drug-likeness (QED) is 0.592. The van der Waals surface area contributed by atoms with Crippen molar-refractivity contribution in [2.45, 2.75) is 6.42 Å². The Labute approximate surface area is 85.5 Å². The van der Waals surface area contributed by atoms with Gasteiger partial charge in [-0.15, -0.1) is 0 Å². The highest BCUT2D eigenvalue weighted by molar-refractivity contribution is 5.61. The van der Waals surface area contributed by atoms with Crippen molar-refractivity contribution in [3.8, 4) is 0 Å². The molecule has 0 saturated carbocycles. The number of aromatic nitrogens is 2. The maximum absolute atomic E-state index is 10.7. The lowest BCUT2D eigenvalue weighted by Crippen LogP contribution is -2.06. The smallest absolute Gasteiger partial charge is 0.358 e. The van der Waals surface area contributed by atoms with Crippen LogP contribution < -0.4 is 5.73 Å². The molecule has 6 heteroatoms. The second kappa shape index (κ2) is 3.66. The molecular weight excluding hydrogens is 196 g/mol. The third-order valence-electron chi connectivity index (χ3n) is 2.21. The zero-order valence-corrected chi connectivity index (χ0v) is 7.96. The molecule has 0 bridgehead atoms. The van der Waals surface area contributed by atoms with E-state index in [0.29, 0.717) is 18.5 Å². The highest BCUT2D eigenvalue weighted by Crippen LogP contribution is 2.18. The molecule has 0 amide bonds. The highest BCUT2D eigenvalue weighted by atomic mass is 16.6. The summed E-state index contributed by atoms with van der Waals surface area (Å²) in [6.45, 7) is 0.505. The number of nitro groups is 1. The fraction of sp³-hybridized carbons (Fsp3) is 0.222. The number of nitrogens with two attached hydrogens (primary N) is 1. The van der Waals surface area contributed by atoms with Gasteiger partial charge in [0.05, 0.1) is 0 Å². The number of fused-ring (bicyclic) bond motifs is 1. The van der Waals surface area contributed by atoms with E-state index < -0.39 is 4.92 Å². The van der Waals surface area contributed by atoms with E-state index in [9.17, 15) is 10.1 Å². The number of nitrogens with zero attached hydrogens (tertiary/aromatic N) is 3. The third-order valence-corrected chi connectivity index (χ3v) is 2.21. The normalized spacial score (nSPS) is 10.7. The molecule has 0 aromatic carbocycles. The van der Waals surface area contributed by atoms with Crippen LogP contribution in [0, 0.1) is 10.1 Å². The van der Waals surface area contributed by atoms with Gasteiger partial charge in [0.1, 0.15) is 5.52 Å². The number of pyridine rings is 1. The Morgan fingerprint density at radius 1 is 1.53 bits per heavy atom. The lowest BCUT2D eigenvalue weighted by atomic mass is 10.2. The van der Waals surface area contributed by atoms with Gasteiger partial charge in [-0.1, -0.05) is 6.07 Å². The van der Waals surface area contributed by atoms with Gasteiger partial charge in [-0.3, -0.25) is 4.40 Å². The van der Waals surface area contributed by atoms with Gasteiger partial charge in [-0.25, -0.2) is 0 Å². The number of rotatable bonds is 3. The molecule has 0 fully saturated rings. The molecule has 0 atom stereocenters. The Balaban J connectivity index is 2.63. The van der Waals surface area contributed by atoms with Gasteiger partial charge in [0, 0.05) is 12.1 Å². The van der Waals surface area contributed by atoms with E-state index in [-0.39, 0.29) is 5.82 Å². The number of hydrogen-bond acceptors (Lipinski definition) is 4. The number of hydrogen-bond donors (Lipinski definition) is 1. The highest BCUT2D eigenvalue weighted by Gasteiger charge is 2.16. The summed E-state index contributed by atoms with van der Waals surface area (Å²) in [5.74, 6) is -0.117. The summed E-state index contributed by atoms with van der Waals surface area (Å²) in [6.07, 6.45) is 2.13. The Hall–Kier alpha value is -1.95. The van der Waals surface area contributed by atoms with E-state index in [1.807, 2.05) is 6.07 Å². The Bertz CT molecular complexity index is 506. The van der Waals surface area contributed by atoms with Crippen molar-refractivity contribution in [1.29, 1.82) is 0 Å². The Morgan fingerprint density at radius 2 is 2.33 bits per heavy atom. The first-order valence-electron chi connectivity index (χ1n) is 4.53. The fourth-order valence-electron chi connectivity index (χ4n) is 1.56. The van der Waals surface area contributed by atoms with Crippen LogP contribution in [0.2, 0.25) is 0 Å². The van der Waals surface area contributed by atoms with Crippen molar-refractivity contribution in [2.75, 3.05) is 6.54 Å². The minimum atomic E-state index is -0.485. The first kappa shape index (κ1) is 9.60. The number of imidazole rings is 1. The summed E-state index contributed by atoms with van der Waals surface area (Å²) in [5, 5.41) is 10.7. The van der Waals surface area contributed by atoms with Gasteiger partial charge in [0.15, 0.2) is 0 Å². The van der Waals surface area contributed by atoms with Crippen molar-refractivity contribution < 1.29 is 4.92 Å². The van der Waals surface area contributed by atoms with E-state index in [0.717, 1.165) is 5.69 Å². The molecule has 2 aromatic heterocycles. The molecule has 0 aliphatic heterocycles. The molecule has 15 heavy (non-hydrogen) atoms. The van der Waals surface area contributed by atoms with Gasteiger partial charge in [0.2, 0.25) is 6.33 Å². The second-order valence-corrected chi connectivity index (χ2v) is 3.14. The van der Waals surface area contributed by atoms with Crippen LogP contribution in [0.4, 0.5) is 5.82 Å².